The van der Waals surface area contributed by atoms with Gasteiger partial charge in [0.1, 0.15) is 12.7 Å². The minimum atomic E-state index is -4.74. The summed E-state index contributed by atoms with van der Waals surface area (Å²) in [5.74, 6) is -1.46. The molecule has 0 spiro atoms. The molecule has 0 fully saturated rings. The van der Waals surface area contributed by atoms with Crippen molar-refractivity contribution in [3.63, 3.8) is 0 Å². The molecule has 0 radical (unpaired) electrons. The Morgan fingerprint density at radius 1 is 0.397 bits per heavy atom. The third-order valence-corrected chi connectivity index (χ3v) is 13.3. The van der Waals surface area contributed by atoms with Gasteiger partial charge in [-0.05, 0) is 70.6 Å². The molecule has 3 unspecified atom stereocenters. The number of aliphatic hydroxyl groups excluding tert-OH is 1. The molecule has 0 amide bonds. The van der Waals surface area contributed by atoms with E-state index in [2.05, 4.69) is 45.1 Å². The molecule has 11 nitrogen and oxygen atoms in total. The maximum absolute atomic E-state index is 12.9. The van der Waals surface area contributed by atoms with Crippen LogP contribution in [-0.2, 0) is 42.2 Å². The highest BCUT2D eigenvalue weighted by atomic mass is 31.2. The van der Waals surface area contributed by atoms with Gasteiger partial charge in [0.25, 0.3) is 0 Å². The van der Waals surface area contributed by atoms with Crippen LogP contribution in [0.2, 0.25) is 0 Å². The molecule has 0 aromatic carbocycles. The van der Waals surface area contributed by atoms with E-state index in [1.807, 2.05) is 0 Å². The molecule has 0 heterocycles. The molecule has 2 N–H and O–H groups in total. The van der Waals surface area contributed by atoms with Crippen molar-refractivity contribution in [2.45, 2.75) is 290 Å². The Balaban J connectivity index is 4.71. The van der Waals surface area contributed by atoms with Gasteiger partial charge in [-0.2, -0.15) is 0 Å². The molecule has 12 heteroatoms. The van der Waals surface area contributed by atoms with Gasteiger partial charge in [-0.1, -0.05) is 212 Å². The molecule has 0 rings (SSSR count). The average Bonchev–Trinajstić information content (AvgIpc) is 3.32. The molecule has 0 bridgehead atoms. The van der Waals surface area contributed by atoms with Crippen molar-refractivity contribution in [1.82, 2.24) is 0 Å². The molecule has 0 saturated carbocycles. The van der Waals surface area contributed by atoms with E-state index < -0.39 is 57.8 Å². The molecule has 0 saturated heterocycles. The van der Waals surface area contributed by atoms with Crippen molar-refractivity contribution in [3.8, 4) is 0 Å². The monoisotopic (exact) mass is 985 g/mol. The van der Waals surface area contributed by atoms with Crippen LogP contribution in [0.15, 0.2) is 24.3 Å². The molecular formula is C56H105O11P. The zero-order valence-corrected chi connectivity index (χ0v) is 45.0. The first-order valence-corrected chi connectivity index (χ1v) is 29.7. The van der Waals surface area contributed by atoms with Gasteiger partial charge in [-0.25, -0.2) is 4.57 Å². The topological polar surface area (TPSA) is 155 Å². The van der Waals surface area contributed by atoms with Crippen LogP contribution in [0.5, 0.6) is 0 Å². The smallest absolute Gasteiger partial charge is 0.462 e. The fourth-order valence-corrected chi connectivity index (χ4v) is 8.78. The number of ether oxygens (including phenoxy) is 3. The van der Waals surface area contributed by atoms with Crippen LogP contribution in [0.3, 0.4) is 0 Å². The quantitative estimate of drug-likeness (QED) is 0.0197. The second-order valence-corrected chi connectivity index (χ2v) is 20.6. The lowest BCUT2D eigenvalue weighted by atomic mass is 10.0. The van der Waals surface area contributed by atoms with Gasteiger partial charge in [-0.3, -0.25) is 23.4 Å². The Morgan fingerprint density at radius 3 is 1.03 bits per heavy atom. The Kier molecular flexibility index (Phi) is 49.8. The minimum Gasteiger partial charge on any atom is -0.462 e. The largest absolute Gasteiger partial charge is 0.472 e. The highest BCUT2D eigenvalue weighted by Crippen LogP contribution is 2.43. The first-order valence-electron chi connectivity index (χ1n) is 28.2. The lowest BCUT2D eigenvalue weighted by molar-refractivity contribution is -0.161. The van der Waals surface area contributed by atoms with E-state index in [0.29, 0.717) is 19.3 Å². The Labute approximate surface area is 417 Å². The summed E-state index contributed by atoms with van der Waals surface area (Å²) in [6, 6.07) is 0. The molecule has 0 aliphatic carbocycles. The molecule has 400 valence electrons. The number of phosphoric acid groups is 1. The summed E-state index contributed by atoms with van der Waals surface area (Å²) in [7, 11) is -4.74. The van der Waals surface area contributed by atoms with Gasteiger partial charge in [0.15, 0.2) is 6.10 Å². The SMILES string of the molecule is CCCCCC/C=C\CCCCCCCC(=O)OCC(COP(=O)(O)OCC(CO)OC(=O)CCCCCCC/C=C\CCCCCC)OC(=O)CCCCCCCCCCCCCCCCC. The summed E-state index contributed by atoms with van der Waals surface area (Å²) < 4.78 is 39.5. The molecule has 0 aromatic rings. The van der Waals surface area contributed by atoms with Crippen LogP contribution < -0.4 is 0 Å². The minimum absolute atomic E-state index is 0.170. The molecule has 0 aliphatic heterocycles. The van der Waals surface area contributed by atoms with Gasteiger partial charge < -0.3 is 24.2 Å². The summed E-state index contributed by atoms with van der Waals surface area (Å²) in [5, 5.41) is 9.79. The number of aliphatic hydroxyl groups is 1. The number of allylic oxidation sites excluding steroid dienone is 4. The molecular weight excluding hydrogens is 880 g/mol. The Hall–Kier alpha value is -2.04. The van der Waals surface area contributed by atoms with E-state index in [4.69, 9.17) is 23.3 Å². The van der Waals surface area contributed by atoms with Crippen molar-refractivity contribution in [2.75, 3.05) is 26.4 Å². The second-order valence-electron chi connectivity index (χ2n) is 19.1. The Morgan fingerprint density at radius 2 is 0.676 bits per heavy atom. The van der Waals surface area contributed by atoms with Gasteiger partial charge in [0.05, 0.1) is 19.8 Å². The zero-order chi connectivity index (χ0) is 49.9. The van der Waals surface area contributed by atoms with Crippen molar-refractivity contribution in [3.05, 3.63) is 24.3 Å². The van der Waals surface area contributed by atoms with Crippen molar-refractivity contribution >= 4 is 25.7 Å². The normalized spacial score (nSPS) is 13.5. The lowest BCUT2D eigenvalue weighted by Crippen LogP contribution is -2.30. The van der Waals surface area contributed by atoms with E-state index in [-0.39, 0.29) is 25.9 Å². The number of unbranched alkanes of at least 4 members (excludes halogenated alkanes) is 32. The van der Waals surface area contributed by atoms with Crippen LogP contribution in [0, 0.1) is 0 Å². The van der Waals surface area contributed by atoms with Crippen LogP contribution in [0.1, 0.15) is 278 Å². The van der Waals surface area contributed by atoms with Gasteiger partial charge in [0, 0.05) is 19.3 Å². The maximum Gasteiger partial charge on any atom is 0.472 e. The number of carbonyl (C=O) groups is 3. The summed E-state index contributed by atoms with van der Waals surface area (Å²) >= 11 is 0. The maximum atomic E-state index is 12.9. The molecule has 0 aromatic heterocycles. The fraction of sp³-hybridized carbons (Fsp3) is 0.875. The number of hydrogen-bond acceptors (Lipinski definition) is 10. The molecule has 0 aliphatic rings. The predicted molar refractivity (Wildman–Crippen MR) is 280 cm³/mol. The van der Waals surface area contributed by atoms with Gasteiger partial charge in [0.2, 0.25) is 0 Å². The van der Waals surface area contributed by atoms with E-state index >= 15 is 0 Å². The number of carbonyl (C=O) groups excluding carboxylic acids is 3. The highest BCUT2D eigenvalue weighted by Gasteiger charge is 2.28. The third-order valence-electron chi connectivity index (χ3n) is 12.3. The van der Waals surface area contributed by atoms with E-state index in [0.717, 1.165) is 96.3 Å². The summed E-state index contributed by atoms with van der Waals surface area (Å²) in [6.45, 7) is 4.63. The number of esters is 3. The summed E-state index contributed by atoms with van der Waals surface area (Å²) in [4.78, 5) is 48.4. The number of hydrogen-bond donors (Lipinski definition) is 2. The molecule has 3 atom stereocenters. The first kappa shape index (κ1) is 66.0. The fourth-order valence-electron chi connectivity index (χ4n) is 7.99. The van der Waals surface area contributed by atoms with Crippen molar-refractivity contribution in [2.24, 2.45) is 0 Å². The highest BCUT2D eigenvalue weighted by molar-refractivity contribution is 7.47. The summed E-state index contributed by atoms with van der Waals surface area (Å²) in [6.07, 6.45) is 49.9. The van der Waals surface area contributed by atoms with Crippen LogP contribution in [0.4, 0.5) is 0 Å². The van der Waals surface area contributed by atoms with Crippen LogP contribution in [0.25, 0.3) is 0 Å². The third kappa shape index (κ3) is 49.0. The average molecular weight is 985 g/mol. The van der Waals surface area contributed by atoms with Crippen molar-refractivity contribution in [1.29, 1.82) is 0 Å². The van der Waals surface area contributed by atoms with Crippen LogP contribution >= 0.6 is 7.82 Å². The van der Waals surface area contributed by atoms with Crippen molar-refractivity contribution < 1.29 is 52.2 Å². The van der Waals surface area contributed by atoms with E-state index in [9.17, 15) is 28.9 Å². The number of phosphoric ester groups is 1. The predicted octanol–water partition coefficient (Wildman–Crippen LogP) is 16.3. The lowest BCUT2D eigenvalue weighted by Gasteiger charge is -2.21. The zero-order valence-electron chi connectivity index (χ0n) is 44.1. The van der Waals surface area contributed by atoms with E-state index in [1.54, 1.807) is 0 Å². The standard InChI is InChI=1S/C56H105O11P/c1-4-7-10-13-16-19-22-25-26-29-32-35-38-41-44-47-56(60)67-53(49-63-54(58)45-42-39-36-33-30-27-23-20-17-14-11-8-5-2)51-65-68(61,62)64-50-52(48-57)66-55(59)46-43-40-37-34-31-28-24-21-18-15-12-9-6-3/h20-21,23-24,52-53,57H,4-19,22,25-51H2,1-3H3,(H,61,62)/b23-20-,24-21-. The van der Waals surface area contributed by atoms with E-state index in [1.165, 1.54) is 122 Å². The van der Waals surface area contributed by atoms with Gasteiger partial charge in [-0.15, -0.1) is 0 Å². The number of rotatable bonds is 53. The van der Waals surface area contributed by atoms with Crippen LogP contribution in [-0.4, -0.2) is 66.5 Å². The molecule has 68 heavy (non-hydrogen) atoms. The van der Waals surface area contributed by atoms with Gasteiger partial charge >= 0.3 is 25.7 Å². The summed E-state index contributed by atoms with van der Waals surface area (Å²) in [5.41, 5.74) is 0. The first-order chi connectivity index (χ1) is 33.2. The second kappa shape index (κ2) is 51.3. The Bertz CT molecular complexity index is 1240.